The van der Waals surface area contributed by atoms with Gasteiger partial charge < -0.3 is 5.48 Å². The molecule has 0 atom stereocenters. The minimum absolute atomic E-state index is 0. The van der Waals surface area contributed by atoms with E-state index in [2.05, 4.69) is 27.2 Å². The maximum Gasteiger partial charge on any atom is 0.0589 e. The zero-order valence-electron chi connectivity index (χ0n) is 12.0. The molecule has 16 heavy (non-hydrogen) atoms. The number of hydrogen-bond donors (Lipinski definition) is 0. The Bertz CT molecular complexity index is 121. The fourth-order valence-electron chi connectivity index (χ4n) is 2.05. The van der Waals surface area contributed by atoms with Crippen molar-refractivity contribution in [3.05, 3.63) is 0 Å². The minimum atomic E-state index is -0.523. The lowest BCUT2D eigenvalue weighted by Crippen LogP contribution is -2.01. The largest absolute Gasteiger partial charge is 0.870 e. The summed E-state index contributed by atoms with van der Waals surface area (Å²) < 4.78 is 0. The molecule has 0 saturated heterocycles. The third-order valence-electron chi connectivity index (χ3n) is 3.23. The number of rotatable bonds is 10. The molecule has 100 valence electrons. The summed E-state index contributed by atoms with van der Waals surface area (Å²) in [6, 6.07) is 0. The van der Waals surface area contributed by atoms with Gasteiger partial charge in [0.25, 0.3) is 0 Å². The van der Waals surface area contributed by atoms with Gasteiger partial charge in [-0.1, -0.05) is 39.5 Å². The molecule has 0 rings (SSSR count). The van der Waals surface area contributed by atoms with Gasteiger partial charge in [0, 0.05) is 20.6 Å². The van der Waals surface area contributed by atoms with Crippen LogP contribution in [0.4, 0.5) is 0 Å². The van der Waals surface area contributed by atoms with Gasteiger partial charge in [-0.25, -0.2) is 0 Å². The molecule has 0 fully saturated rings. The van der Waals surface area contributed by atoms with Crippen molar-refractivity contribution in [1.82, 2.24) is 0 Å². The first-order chi connectivity index (χ1) is 7.12. The van der Waals surface area contributed by atoms with Gasteiger partial charge in [-0.15, -0.1) is 0 Å². The predicted octanol–water partition coefficient (Wildman–Crippen LogP) is 5.25. The van der Waals surface area contributed by atoms with E-state index in [9.17, 15) is 0 Å². The van der Waals surface area contributed by atoms with Gasteiger partial charge in [0.2, 0.25) is 0 Å². The van der Waals surface area contributed by atoms with E-state index in [1.807, 2.05) is 0 Å². The van der Waals surface area contributed by atoms with E-state index in [0.717, 1.165) is 0 Å². The van der Waals surface area contributed by atoms with Crippen LogP contribution in [0.2, 0.25) is 0 Å². The van der Waals surface area contributed by atoms with E-state index >= 15 is 0 Å². The topological polar surface area (TPSA) is 30.0 Å². The van der Waals surface area contributed by atoms with Crippen molar-refractivity contribution in [1.29, 1.82) is 0 Å². The first-order valence-corrected chi connectivity index (χ1v) is 9.99. The highest BCUT2D eigenvalue weighted by atomic mass is 31.2. The molecule has 0 bridgehead atoms. The van der Waals surface area contributed by atoms with Crippen molar-refractivity contribution in [2.75, 3.05) is 25.7 Å². The van der Waals surface area contributed by atoms with Gasteiger partial charge in [0.05, 0.1) is 12.3 Å². The van der Waals surface area contributed by atoms with Crippen LogP contribution in [-0.4, -0.2) is 31.1 Å². The Kier molecular flexibility index (Phi) is 13.9. The van der Waals surface area contributed by atoms with Crippen molar-refractivity contribution in [3.63, 3.8) is 0 Å². The second kappa shape index (κ2) is 11.9. The Morgan fingerprint density at radius 3 is 1.31 bits per heavy atom. The predicted molar refractivity (Wildman–Crippen MR) is 78.7 cm³/mol. The third kappa shape index (κ3) is 12.5. The average molecular weight is 248 g/mol. The monoisotopic (exact) mass is 248 g/mol. The molecular weight excluding hydrogens is 215 g/mol. The average Bonchev–Trinajstić information content (AvgIpc) is 2.20. The zero-order chi connectivity index (χ0) is 11.6. The summed E-state index contributed by atoms with van der Waals surface area (Å²) in [5.74, 6) is 0. The van der Waals surface area contributed by atoms with Crippen LogP contribution in [-0.2, 0) is 0 Å². The maximum absolute atomic E-state index is 2.56. The van der Waals surface area contributed by atoms with E-state index in [1.165, 1.54) is 51.4 Å². The molecule has 0 aliphatic carbocycles. The maximum atomic E-state index is 2.56. The highest BCUT2D eigenvalue weighted by Gasteiger charge is 2.22. The van der Waals surface area contributed by atoms with Crippen LogP contribution in [0.3, 0.4) is 0 Å². The van der Waals surface area contributed by atoms with Gasteiger partial charge in [-0.3, -0.25) is 0 Å². The van der Waals surface area contributed by atoms with Gasteiger partial charge >= 0.3 is 0 Å². The van der Waals surface area contributed by atoms with Crippen molar-refractivity contribution in [3.8, 4) is 0 Å². The van der Waals surface area contributed by atoms with Crippen LogP contribution in [0.25, 0.3) is 0 Å². The fourth-order valence-corrected chi connectivity index (χ4v) is 4.43. The molecule has 0 spiro atoms. The Morgan fingerprint density at radius 2 is 1.00 bits per heavy atom. The Balaban J connectivity index is 0. The molecule has 0 unspecified atom stereocenters. The summed E-state index contributed by atoms with van der Waals surface area (Å²) in [5.41, 5.74) is 0. The second-order valence-electron chi connectivity index (χ2n) is 5.50. The highest BCUT2D eigenvalue weighted by molar-refractivity contribution is 7.74. The number of hydrogen-bond acceptors (Lipinski definition) is 1. The van der Waals surface area contributed by atoms with Crippen LogP contribution in [0, 0.1) is 0 Å². The third-order valence-corrected chi connectivity index (χ3v) is 6.29. The quantitative estimate of drug-likeness (QED) is 0.383. The van der Waals surface area contributed by atoms with Crippen LogP contribution >= 0.6 is 7.26 Å². The van der Waals surface area contributed by atoms with Crippen molar-refractivity contribution < 1.29 is 5.48 Å². The van der Waals surface area contributed by atoms with Crippen LogP contribution < -0.4 is 0 Å². The van der Waals surface area contributed by atoms with Crippen LogP contribution in [0.5, 0.6) is 0 Å². The second-order valence-corrected chi connectivity index (χ2v) is 10.3. The van der Waals surface area contributed by atoms with Gasteiger partial charge in [0.1, 0.15) is 0 Å². The molecule has 0 heterocycles. The molecule has 0 aromatic heterocycles. The minimum Gasteiger partial charge on any atom is -0.870 e. The Labute approximate surface area is 104 Å². The molecular formula is C14H33OP. The lowest BCUT2D eigenvalue weighted by atomic mass is 10.2. The highest BCUT2D eigenvalue weighted by Crippen LogP contribution is 2.52. The lowest BCUT2D eigenvalue weighted by molar-refractivity contribution is 0.694. The first kappa shape index (κ1) is 18.7. The smallest absolute Gasteiger partial charge is 0.0589 e. The zero-order valence-corrected chi connectivity index (χ0v) is 12.9. The molecule has 0 radical (unpaired) electrons. The van der Waals surface area contributed by atoms with Gasteiger partial charge in [0.15, 0.2) is 0 Å². The van der Waals surface area contributed by atoms with E-state index in [1.54, 1.807) is 12.3 Å². The molecule has 2 heteroatoms. The lowest BCUT2D eigenvalue weighted by Gasteiger charge is -2.17. The van der Waals surface area contributed by atoms with Gasteiger partial charge in [-0.2, -0.15) is 0 Å². The van der Waals surface area contributed by atoms with E-state index < -0.39 is 7.26 Å². The Morgan fingerprint density at radius 1 is 0.625 bits per heavy atom. The summed E-state index contributed by atoms with van der Waals surface area (Å²) >= 11 is 0. The normalized spacial score (nSPS) is 11.2. The number of unbranched alkanes of at least 4 members (excludes halogenated alkanes) is 6. The van der Waals surface area contributed by atoms with E-state index in [-0.39, 0.29) is 5.48 Å². The summed E-state index contributed by atoms with van der Waals surface area (Å²) in [4.78, 5) is 0. The molecule has 0 aliphatic rings. The van der Waals surface area contributed by atoms with Crippen LogP contribution in [0.1, 0.15) is 65.2 Å². The van der Waals surface area contributed by atoms with Crippen molar-refractivity contribution in [2.45, 2.75) is 65.2 Å². The summed E-state index contributed by atoms with van der Waals surface area (Å²) in [6.07, 6.45) is 14.6. The molecule has 1 N–H and O–H groups in total. The van der Waals surface area contributed by atoms with E-state index in [0.29, 0.717) is 0 Å². The molecule has 0 aromatic rings. The molecule has 0 aliphatic heterocycles. The Hall–Kier alpha value is 0.390. The molecule has 0 amide bonds. The van der Waals surface area contributed by atoms with Crippen molar-refractivity contribution in [2.24, 2.45) is 0 Å². The summed E-state index contributed by atoms with van der Waals surface area (Å²) in [6.45, 7) is 9.71. The first-order valence-electron chi connectivity index (χ1n) is 6.94. The molecule has 1 nitrogen and oxygen atoms in total. The van der Waals surface area contributed by atoms with Gasteiger partial charge in [-0.05, 0) is 25.7 Å². The van der Waals surface area contributed by atoms with Crippen molar-refractivity contribution >= 4 is 7.26 Å². The molecule has 0 saturated carbocycles. The summed E-state index contributed by atoms with van der Waals surface area (Å²) in [5, 5.41) is 0. The van der Waals surface area contributed by atoms with E-state index in [4.69, 9.17) is 0 Å². The molecule has 0 aromatic carbocycles. The fraction of sp³-hybridized carbons (Fsp3) is 1.00. The summed E-state index contributed by atoms with van der Waals surface area (Å²) in [7, 11) is -0.523. The SMILES string of the molecule is CCCCCC[P+](C)(C)CCCCCC.[OH-]. The standard InChI is InChI=1S/C14H32P.H2O/c1-5-7-9-11-13-15(3,4)14-12-10-8-6-2;/h5-14H2,1-4H3;1H2/q+1;/p-1. The van der Waals surface area contributed by atoms with Crippen LogP contribution in [0.15, 0.2) is 0 Å².